The Kier molecular flexibility index (Phi) is 4.47. The fraction of sp³-hybridized carbons (Fsp3) is 0.167. The molecular formula is C18H18N4O. The molecule has 0 atom stereocenters. The summed E-state index contributed by atoms with van der Waals surface area (Å²) in [5.74, 6) is -0.118. The lowest BCUT2D eigenvalue weighted by molar-refractivity contribution is 0.0950. The van der Waals surface area contributed by atoms with Crippen LogP contribution in [0.5, 0.6) is 0 Å². The molecule has 1 amide bonds. The number of hydrogen-bond donors (Lipinski definition) is 1. The molecule has 0 bridgehead atoms. The van der Waals surface area contributed by atoms with Crippen molar-refractivity contribution in [3.05, 3.63) is 83.7 Å². The second-order valence-electron chi connectivity index (χ2n) is 5.41. The number of carbonyl (C=O) groups excluding carboxylic acids is 1. The van der Waals surface area contributed by atoms with Gasteiger partial charge in [0, 0.05) is 37.1 Å². The minimum Gasteiger partial charge on any atom is -0.346 e. The Hall–Kier alpha value is -2.95. The zero-order valence-electron chi connectivity index (χ0n) is 12.9. The number of carbonyl (C=O) groups is 1. The number of nitrogens with zero attached hydrogens (tertiary/aromatic N) is 3. The Bertz CT molecular complexity index is 796. The predicted octanol–water partition coefficient (Wildman–Crippen LogP) is 2.34. The van der Waals surface area contributed by atoms with Crippen LogP contribution in [-0.4, -0.2) is 20.4 Å². The smallest absolute Gasteiger partial charge is 0.251 e. The van der Waals surface area contributed by atoms with Gasteiger partial charge in [-0.15, -0.1) is 0 Å². The third kappa shape index (κ3) is 4.03. The molecule has 0 unspecified atom stereocenters. The number of rotatable bonds is 5. The molecular weight excluding hydrogens is 288 g/mol. The summed E-state index contributed by atoms with van der Waals surface area (Å²) in [6.45, 7) is 0.413. The number of benzene rings is 1. The van der Waals surface area contributed by atoms with Crippen LogP contribution in [0.4, 0.5) is 0 Å². The van der Waals surface area contributed by atoms with Gasteiger partial charge in [0.15, 0.2) is 0 Å². The van der Waals surface area contributed by atoms with Crippen molar-refractivity contribution in [3.63, 3.8) is 0 Å². The van der Waals surface area contributed by atoms with Crippen LogP contribution < -0.4 is 5.32 Å². The van der Waals surface area contributed by atoms with Crippen molar-refractivity contribution in [1.29, 1.82) is 0 Å². The Balaban J connectivity index is 1.65. The number of nitrogens with one attached hydrogen (secondary N) is 1. The van der Waals surface area contributed by atoms with E-state index in [1.807, 2.05) is 42.1 Å². The third-order valence-corrected chi connectivity index (χ3v) is 3.50. The summed E-state index contributed by atoms with van der Waals surface area (Å²) < 4.78 is 1.85. The van der Waals surface area contributed by atoms with E-state index >= 15 is 0 Å². The molecule has 5 nitrogen and oxygen atoms in total. The van der Waals surface area contributed by atoms with Crippen LogP contribution in [0.1, 0.15) is 27.3 Å². The molecule has 2 heterocycles. The van der Waals surface area contributed by atoms with Crippen LogP contribution >= 0.6 is 0 Å². The van der Waals surface area contributed by atoms with E-state index in [0.717, 1.165) is 11.4 Å². The molecule has 1 aromatic carbocycles. The molecule has 0 aliphatic carbocycles. The van der Waals surface area contributed by atoms with Gasteiger partial charge in [-0.2, -0.15) is 0 Å². The Morgan fingerprint density at radius 2 is 1.96 bits per heavy atom. The molecule has 3 rings (SSSR count). The van der Waals surface area contributed by atoms with Crippen molar-refractivity contribution in [2.24, 2.45) is 7.05 Å². The fourth-order valence-corrected chi connectivity index (χ4v) is 2.35. The van der Waals surface area contributed by atoms with Gasteiger partial charge in [0.25, 0.3) is 5.91 Å². The van der Waals surface area contributed by atoms with E-state index < -0.39 is 0 Å². The quantitative estimate of drug-likeness (QED) is 0.787. The van der Waals surface area contributed by atoms with Gasteiger partial charge >= 0.3 is 0 Å². The number of pyridine rings is 1. The van der Waals surface area contributed by atoms with Gasteiger partial charge in [0.1, 0.15) is 0 Å². The van der Waals surface area contributed by atoms with Crippen LogP contribution in [0.25, 0.3) is 0 Å². The molecule has 0 saturated carbocycles. The summed E-state index contributed by atoms with van der Waals surface area (Å²) in [6, 6.07) is 13.6. The van der Waals surface area contributed by atoms with Gasteiger partial charge in [-0.3, -0.25) is 9.78 Å². The summed E-state index contributed by atoms with van der Waals surface area (Å²) in [5, 5.41) is 2.88. The summed E-state index contributed by atoms with van der Waals surface area (Å²) >= 11 is 0. The lowest BCUT2D eigenvalue weighted by atomic mass is 10.1. The summed E-state index contributed by atoms with van der Waals surface area (Å²) in [6.07, 6.45) is 5.98. The number of hydrogen-bond acceptors (Lipinski definition) is 3. The molecule has 0 aliphatic heterocycles. The summed E-state index contributed by atoms with van der Waals surface area (Å²) in [7, 11) is 1.90. The van der Waals surface area contributed by atoms with Crippen LogP contribution in [0.2, 0.25) is 0 Å². The van der Waals surface area contributed by atoms with E-state index in [-0.39, 0.29) is 5.91 Å². The van der Waals surface area contributed by atoms with E-state index in [1.165, 1.54) is 5.56 Å². The van der Waals surface area contributed by atoms with Crippen molar-refractivity contribution in [3.8, 4) is 0 Å². The highest BCUT2D eigenvalue weighted by molar-refractivity contribution is 5.94. The first-order valence-corrected chi connectivity index (χ1v) is 7.44. The van der Waals surface area contributed by atoms with E-state index in [9.17, 15) is 4.79 Å². The molecule has 0 saturated heterocycles. The maximum Gasteiger partial charge on any atom is 0.251 e. The first kappa shape index (κ1) is 15.0. The van der Waals surface area contributed by atoms with Crippen molar-refractivity contribution in [1.82, 2.24) is 19.9 Å². The van der Waals surface area contributed by atoms with Crippen LogP contribution in [0.15, 0.2) is 61.2 Å². The highest BCUT2D eigenvalue weighted by Gasteiger charge is 2.08. The molecule has 0 aliphatic rings. The van der Waals surface area contributed by atoms with Gasteiger partial charge in [0.05, 0.1) is 18.6 Å². The Labute approximate surface area is 135 Å². The van der Waals surface area contributed by atoms with Crippen LogP contribution in [-0.2, 0) is 20.0 Å². The first-order valence-electron chi connectivity index (χ1n) is 7.44. The Morgan fingerprint density at radius 3 is 2.70 bits per heavy atom. The maximum atomic E-state index is 12.3. The van der Waals surface area contributed by atoms with E-state index in [0.29, 0.717) is 18.5 Å². The zero-order valence-corrected chi connectivity index (χ0v) is 12.9. The van der Waals surface area contributed by atoms with Gasteiger partial charge in [-0.25, -0.2) is 4.98 Å². The van der Waals surface area contributed by atoms with Crippen molar-refractivity contribution in [2.75, 3.05) is 0 Å². The molecule has 23 heavy (non-hydrogen) atoms. The van der Waals surface area contributed by atoms with Gasteiger partial charge < -0.3 is 9.88 Å². The predicted molar refractivity (Wildman–Crippen MR) is 87.9 cm³/mol. The van der Waals surface area contributed by atoms with Gasteiger partial charge in [-0.1, -0.05) is 30.3 Å². The van der Waals surface area contributed by atoms with Crippen molar-refractivity contribution >= 4 is 5.91 Å². The largest absolute Gasteiger partial charge is 0.346 e. The van der Waals surface area contributed by atoms with Crippen molar-refractivity contribution < 1.29 is 4.79 Å². The minimum absolute atomic E-state index is 0.118. The molecule has 0 radical (unpaired) electrons. The number of aryl methyl sites for hydroxylation is 1. The van der Waals surface area contributed by atoms with Gasteiger partial charge in [0.2, 0.25) is 0 Å². The van der Waals surface area contributed by atoms with Gasteiger partial charge in [-0.05, 0) is 17.7 Å². The zero-order chi connectivity index (χ0) is 16.1. The second-order valence-corrected chi connectivity index (χ2v) is 5.41. The molecule has 116 valence electrons. The molecule has 0 spiro atoms. The van der Waals surface area contributed by atoms with Crippen molar-refractivity contribution in [2.45, 2.75) is 13.0 Å². The fourth-order valence-electron chi connectivity index (χ4n) is 2.35. The Morgan fingerprint density at radius 1 is 1.13 bits per heavy atom. The standard InChI is InChI=1S/C18H18N4O/c1-22-12-17(21-13-22)11-20-18(23)15-7-8-19-16(10-15)9-14-5-3-2-4-6-14/h2-8,10,12-13H,9,11H2,1H3,(H,20,23). The lowest BCUT2D eigenvalue weighted by Gasteiger charge is -2.06. The SMILES string of the molecule is Cn1cnc(CNC(=O)c2ccnc(Cc3ccccc3)c2)c1. The number of imidazole rings is 1. The third-order valence-electron chi connectivity index (χ3n) is 3.50. The normalized spacial score (nSPS) is 10.5. The molecule has 1 N–H and O–H groups in total. The average Bonchev–Trinajstić information content (AvgIpc) is 2.99. The topological polar surface area (TPSA) is 59.8 Å². The van der Waals surface area contributed by atoms with Crippen LogP contribution in [0, 0.1) is 0 Å². The minimum atomic E-state index is -0.118. The highest BCUT2D eigenvalue weighted by atomic mass is 16.1. The van der Waals surface area contributed by atoms with E-state index in [1.54, 1.807) is 18.6 Å². The summed E-state index contributed by atoms with van der Waals surface area (Å²) in [5.41, 5.74) is 3.49. The van der Waals surface area contributed by atoms with Crippen LogP contribution in [0.3, 0.4) is 0 Å². The molecule has 3 aromatic rings. The average molecular weight is 306 g/mol. The molecule has 0 fully saturated rings. The second kappa shape index (κ2) is 6.87. The number of amides is 1. The first-order chi connectivity index (χ1) is 11.2. The molecule has 2 aromatic heterocycles. The van der Waals surface area contributed by atoms with E-state index in [2.05, 4.69) is 27.4 Å². The molecule has 5 heteroatoms. The summed E-state index contributed by atoms with van der Waals surface area (Å²) in [4.78, 5) is 20.8. The van der Waals surface area contributed by atoms with E-state index in [4.69, 9.17) is 0 Å². The monoisotopic (exact) mass is 306 g/mol. The lowest BCUT2D eigenvalue weighted by Crippen LogP contribution is -2.23. The highest BCUT2D eigenvalue weighted by Crippen LogP contribution is 2.09. The number of aromatic nitrogens is 3. The maximum absolute atomic E-state index is 12.3.